The Morgan fingerprint density at radius 2 is 1.93 bits per heavy atom. The largest absolute Gasteiger partial charge is 0.325 e. The van der Waals surface area contributed by atoms with Crippen molar-refractivity contribution in [2.45, 2.75) is 19.5 Å². The van der Waals surface area contributed by atoms with E-state index in [0.717, 1.165) is 61.6 Å². The first kappa shape index (κ1) is 20.9. The van der Waals surface area contributed by atoms with Crippen molar-refractivity contribution in [3.63, 3.8) is 0 Å². The summed E-state index contributed by atoms with van der Waals surface area (Å²) < 4.78 is 0. The summed E-state index contributed by atoms with van der Waals surface area (Å²) in [6, 6.07) is 10.4. The van der Waals surface area contributed by atoms with E-state index in [1.165, 1.54) is 5.56 Å². The van der Waals surface area contributed by atoms with E-state index in [2.05, 4.69) is 55.4 Å². The molecule has 1 atom stereocenters. The number of anilines is 2. The Morgan fingerprint density at radius 1 is 1.07 bits per heavy atom. The molecular formula is C22H29N7S. The number of thiazole rings is 1. The van der Waals surface area contributed by atoms with Crippen molar-refractivity contribution in [3.05, 3.63) is 53.7 Å². The number of piperazine rings is 1. The molecule has 30 heavy (non-hydrogen) atoms. The summed E-state index contributed by atoms with van der Waals surface area (Å²) in [6.45, 7) is 8.79. The highest BCUT2D eigenvalue weighted by molar-refractivity contribution is 7.13. The van der Waals surface area contributed by atoms with Gasteiger partial charge in [-0.25, -0.2) is 15.0 Å². The highest BCUT2D eigenvalue weighted by Crippen LogP contribution is 2.22. The van der Waals surface area contributed by atoms with Crippen LogP contribution in [0.3, 0.4) is 0 Å². The molecule has 1 fully saturated rings. The summed E-state index contributed by atoms with van der Waals surface area (Å²) in [5, 5.41) is 9.77. The fourth-order valence-electron chi connectivity index (χ4n) is 3.48. The maximum absolute atomic E-state index is 4.63. The minimum absolute atomic E-state index is 0.448. The number of hydrogen-bond donors (Lipinski definition) is 2. The molecule has 4 rings (SSSR count). The van der Waals surface area contributed by atoms with E-state index < -0.39 is 0 Å². The van der Waals surface area contributed by atoms with Crippen LogP contribution in [0.4, 0.5) is 11.6 Å². The van der Waals surface area contributed by atoms with Crippen LogP contribution < -0.4 is 10.6 Å². The van der Waals surface area contributed by atoms with Gasteiger partial charge in [-0.05, 0) is 37.7 Å². The first-order chi connectivity index (χ1) is 14.7. The molecule has 0 aliphatic carbocycles. The molecule has 158 valence electrons. The van der Waals surface area contributed by atoms with Gasteiger partial charge in [-0.15, -0.1) is 11.3 Å². The highest BCUT2D eigenvalue weighted by Gasteiger charge is 2.15. The highest BCUT2D eigenvalue weighted by atomic mass is 32.1. The summed E-state index contributed by atoms with van der Waals surface area (Å²) in [5.41, 5.74) is 2.04. The van der Waals surface area contributed by atoms with Crippen molar-refractivity contribution in [2.24, 2.45) is 0 Å². The molecule has 3 aromatic heterocycles. The van der Waals surface area contributed by atoms with Crippen molar-refractivity contribution in [3.8, 4) is 10.7 Å². The Kier molecular flexibility index (Phi) is 7.01. The quantitative estimate of drug-likeness (QED) is 0.577. The molecule has 7 nitrogen and oxygen atoms in total. The molecule has 1 unspecified atom stereocenters. The zero-order chi connectivity index (χ0) is 20.8. The molecule has 0 radical (unpaired) electrons. The minimum atomic E-state index is 0.448. The van der Waals surface area contributed by atoms with Crippen LogP contribution in [-0.2, 0) is 6.54 Å². The minimum Gasteiger partial charge on any atom is -0.325 e. The van der Waals surface area contributed by atoms with Gasteiger partial charge in [-0.3, -0.25) is 4.90 Å². The lowest BCUT2D eigenvalue weighted by Crippen LogP contribution is -2.48. The molecule has 0 saturated carbocycles. The Labute approximate surface area is 182 Å². The van der Waals surface area contributed by atoms with Gasteiger partial charge in [-0.2, -0.15) is 0 Å². The van der Waals surface area contributed by atoms with Crippen molar-refractivity contribution in [1.29, 1.82) is 0 Å². The van der Waals surface area contributed by atoms with Gasteiger partial charge in [0.15, 0.2) is 0 Å². The number of pyridine rings is 2. The monoisotopic (exact) mass is 423 g/mol. The third-order valence-electron chi connectivity index (χ3n) is 5.26. The van der Waals surface area contributed by atoms with Crippen LogP contribution in [0.2, 0.25) is 0 Å². The van der Waals surface area contributed by atoms with Gasteiger partial charge in [-0.1, -0.05) is 12.1 Å². The van der Waals surface area contributed by atoms with Gasteiger partial charge in [0.05, 0.1) is 0 Å². The van der Waals surface area contributed by atoms with E-state index in [0.29, 0.717) is 6.04 Å². The van der Waals surface area contributed by atoms with Crippen molar-refractivity contribution < 1.29 is 0 Å². The second kappa shape index (κ2) is 10.1. The first-order valence-corrected chi connectivity index (χ1v) is 11.3. The van der Waals surface area contributed by atoms with Gasteiger partial charge in [0.1, 0.15) is 22.3 Å². The van der Waals surface area contributed by atoms with E-state index in [1.807, 2.05) is 35.8 Å². The van der Waals surface area contributed by atoms with Gasteiger partial charge in [0.2, 0.25) is 0 Å². The Bertz CT molecular complexity index is 906. The zero-order valence-corrected chi connectivity index (χ0v) is 18.4. The number of nitrogens with one attached hydrogen (secondary N) is 2. The fraction of sp³-hybridized carbons (Fsp3) is 0.409. The van der Waals surface area contributed by atoms with Crippen LogP contribution in [0, 0.1) is 0 Å². The third kappa shape index (κ3) is 5.82. The van der Waals surface area contributed by atoms with Crippen molar-refractivity contribution in [1.82, 2.24) is 30.1 Å². The molecule has 1 aliphatic rings. The molecular weight excluding hydrogens is 394 g/mol. The van der Waals surface area contributed by atoms with Gasteiger partial charge in [0, 0.05) is 63.1 Å². The van der Waals surface area contributed by atoms with E-state index >= 15 is 0 Å². The summed E-state index contributed by atoms with van der Waals surface area (Å²) in [4.78, 5) is 18.4. The van der Waals surface area contributed by atoms with Crippen molar-refractivity contribution >= 4 is 23.0 Å². The Balaban J connectivity index is 1.26. The van der Waals surface area contributed by atoms with Crippen LogP contribution in [0.25, 0.3) is 10.7 Å². The molecule has 4 heterocycles. The normalized spacial score (nSPS) is 16.5. The zero-order valence-electron chi connectivity index (χ0n) is 17.6. The van der Waals surface area contributed by atoms with E-state index in [4.69, 9.17) is 0 Å². The lowest BCUT2D eigenvalue weighted by molar-refractivity contribution is 0.144. The molecule has 2 N–H and O–H groups in total. The fourth-order valence-corrected chi connectivity index (χ4v) is 4.09. The summed E-state index contributed by atoms with van der Waals surface area (Å²) in [6.07, 6.45) is 3.71. The van der Waals surface area contributed by atoms with Crippen LogP contribution in [0.5, 0.6) is 0 Å². The smallest absolute Gasteiger partial charge is 0.141 e. The van der Waals surface area contributed by atoms with Gasteiger partial charge >= 0.3 is 0 Å². The third-order valence-corrected chi connectivity index (χ3v) is 6.06. The van der Waals surface area contributed by atoms with E-state index in [-0.39, 0.29) is 0 Å². The predicted molar refractivity (Wildman–Crippen MR) is 123 cm³/mol. The van der Waals surface area contributed by atoms with E-state index in [1.54, 1.807) is 17.5 Å². The average Bonchev–Trinajstić information content (AvgIpc) is 3.30. The lowest BCUT2D eigenvalue weighted by atomic mass is 10.2. The van der Waals surface area contributed by atoms with E-state index in [9.17, 15) is 0 Å². The predicted octanol–water partition coefficient (Wildman–Crippen LogP) is 3.07. The molecule has 0 amide bonds. The lowest BCUT2D eigenvalue weighted by Gasteiger charge is -2.34. The SMILES string of the molecule is CC(CN1CCN(C)CC1)NCc1ccc(Nc2cccc(-c3nccs3)n2)nc1. The molecule has 0 bridgehead atoms. The second-order valence-electron chi connectivity index (χ2n) is 7.81. The number of nitrogens with zero attached hydrogens (tertiary/aromatic N) is 5. The molecule has 0 spiro atoms. The number of hydrogen-bond acceptors (Lipinski definition) is 8. The number of aromatic nitrogens is 3. The standard InChI is InChI=1S/C22H29N7S/c1-17(16-29-11-9-28(2)10-12-29)24-14-18-6-7-20(25-15-18)27-21-5-3-4-19(26-21)22-23-8-13-30-22/h3-8,13,15,17,24H,9-12,14,16H2,1-2H3,(H,25,26,27). The van der Waals surface area contributed by atoms with Crippen LogP contribution in [0.15, 0.2) is 48.1 Å². The molecule has 3 aromatic rings. The summed E-state index contributed by atoms with van der Waals surface area (Å²) >= 11 is 1.58. The van der Waals surface area contributed by atoms with Gasteiger partial charge in [0.25, 0.3) is 0 Å². The summed E-state index contributed by atoms with van der Waals surface area (Å²) in [7, 11) is 2.19. The first-order valence-electron chi connectivity index (χ1n) is 10.4. The molecule has 1 saturated heterocycles. The second-order valence-corrected chi connectivity index (χ2v) is 8.70. The van der Waals surface area contributed by atoms with Crippen LogP contribution in [-0.4, -0.2) is 70.6 Å². The van der Waals surface area contributed by atoms with Gasteiger partial charge < -0.3 is 15.5 Å². The average molecular weight is 424 g/mol. The molecule has 0 aromatic carbocycles. The molecule has 8 heteroatoms. The Hall–Kier alpha value is -2.39. The van der Waals surface area contributed by atoms with Crippen LogP contribution >= 0.6 is 11.3 Å². The topological polar surface area (TPSA) is 69.2 Å². The summed E-state index contributed by atoms with van der Waals surface area (Å²) in [5.74, 6) is 1.55. The number of likely N-dealkylation sites (N-methyl/N-ethyl adjacent to an activating group) is 1. The molecule has 1 aliphatic heterocycles. The maximum atomic E-state index is 4.63. The van der Waals surface area contributed by atoms with Crippen molar-refractivity contribution in [2.75, 3.05) is 45.1 Å². The maximum Gasteiger partial charge on any atom is 0.141 e. The number of rotatable bonds is 8. The van der Waals surface area contributed by atoms with Crippen LogP contribution in [0.1, 0.15) is 12.5 Å². The Morgan fingerprint density at radius 3 is 2.67 bits per heavy atom.